The van der Waals surface area contributed by atoms with E-state index in [1.807, 2.05) is 6.07 Å². The highest BCUT2D eigenvalue weighted by atomic mass is 32.2. The number of rotatable bonds is 2. The lowest BCUT2D eigenvalue weighted by molar-refractivity contribution is 0.234. The van der Waals surface area contributed by atoms with Crippen molar-refractivity contribution in [2.24, 2.45) is 0 Å². The molecule has 1 fully saturated rings. The topological polar surface area (TPSA) is 37.4 Å². The van der Waals surface area contributed by atoms with Gasteiger partial charge in [-0.25, -0.2) is 8.42 Å². The van der Waals surface area contributed by atoms with E-state index in [2.05, 4.69) is 35.2 Å². The molecule has 102 valence electrons. The summed E-state index contributed by atoms with van der Waals surface area (Å²) >= 11 is 0. The summed E-state index contributed by atoms with van der Waals surface area (Å²) in [6.45, 7) is 1.85. The normalized spacial score (nSPS) is 27.2. The van der Waals surface area contributed by atoms with Crippen LogP contribution in [0.4, 0.5) is 0 Å². The Labute approximate surface area is 114 Å². The van der Waals surface area contributed by atoms with E-state index in [1.54, 1.807) is 0 Å². The first-order chi connectivity index (χ1) is 9.14. The summed E-state index contributed by atoms with van der Waals surface area (Å²) in [6.07, 6.45) is 4.07. The molecule has 3 nitrogen and oxygen atoms in total. The molecule has 0 radical (unpaired) electrons. The van der Waals surface area contributed by atoms with Crippen LogP contribution in [-0.2, 0) is 9.84 Å². The quantitative estimate of drug-likeness (QED) is 0.829. The molecule has 0 amide bonds. The molecule has 2 aliphatic heterocycles. The molecule has 2 heterocycles. The lowest BCUT2D eigenvalue weighted by Gasteiger charge is -2.31. The summed E-state index contributed by atoms with van der Waals surface area (Å²) in [5.74, 6) is 0.713. The van der Waals surface area contributed by atoms with E-state index >= 15 is 0 Å². The van der Waals surface area contributed by atoms with Crippen molar-refractivity contribution in [3.63, 3.8) is 0 Å². The number of benzene rings is 1. The Hall–Kier alpha value is -1.13. The van der Waals surface area contributed by atoms with Gasteiger partial charge in [0, 0.05) is 19.1 Å². The molecule has 3 rings (SSSR count). The minimum Gasteiger partial charge on any atom is -0.295 e. The maximum atomic E-state index is 11.5. The van der Waals surface area contributed by atoms with Gasteiger partial charge in [0.15, 0.2) is 9.84 Å². The Morgan fingerprint density at radius 2 is 1.95 bits per heavy atom. The average Bonchev–Trinajstić information content (AvgIpc) is 2.80. The Bertz CT molecular complexity index is 577. The average molecular weight is 277 g/mol. The van der Waals surface area contributed by atoms with Crippen molar-refractivity contribution in [3.05, 3.63) is 42.0 Å². The van der Waals surface area contributed by atoms with Gasteiger partial charge in [-0.1, -0.05) is 36.4 Å². The lowest BCUT2D eigenvalue weighted by atomic mass is 9.98. The Kier molecular flexibility index (Phi) is 3.46. The van der Waals surface area contributed by atoms with Crippen LogP contribution in [0.1, 0.15) is 18.4 Å². The molecule has 0 N–H and O–H groups in total. The summed E-state index contributed by atoms with van der Waals surface area (Å²) in [5.41, 5.74) is 2.68. The third-order valence-corrected chi connectivity index (χ3v) is 5.86. The molecule has 0 saturated carbocycles. The van der Waals surface area contributed by atoms with Gasteiger partial charge >= 0.3 is 0 Å². The van der Waals surface area contributed by atoms with Crippen LogP contribution >= 0.6 is 0 Å². The van der Waals surface area contributed by atoms with Crippen molar-refractivity contribution < 1.29 is 8.42 Å². The van der Waals surface area contributed by atoms with E-state index < -0.39 is 9.84 Å². The summed E-state index contributed by atoms with van der Waals surface area (Å²) in [7, 11) is -2.77. The zero-order valence-corrected chi connectivity index (χ0v) is 11.8. The van der Waals surface area contributed by atoms with Crippen molar-refractivity contribution in [2.45, 2.75) is 18.9 Å². The minimum atomic E-state index is -2.77. The summed E-state index contributed by atoms with van der Waals surface area (Å²) in [5, 5.41) is 0. The van der Waals surface area contributed by atoms with E-state index in [9.17, 15) is 8.42 Å². The first-order valence-electron chi connectivity index (χ1n) is 6.83. The van der Waals surface area contributed by atoms with E-state index in [4.69, 9.17) is 0 Å². The van der Waals surface area contributed by atoms with Crippen molar-refractivity contribution >= 4 is 15.4 Å². The third-order valence-electron chi connectivity index (χ3n) is 4.11. The number of nitrogens with zero attached hydrogens (tertiary/aromatic N) is 1. The maximum Gasteiger partial charge on any atom is 0.151 e. The zero-order chi connectivity index (χ0) is 13.3. The molecule has 0 spiro atoms. The second-order valence-electron chi connectivity index (χ2n) is 5.40. The van der Waals surface area contributed by atoms with E-state index in [0.717, 1.165) is 25.9 Å². The number of sulfone groups is 1. The Morgan fingerprint density at radius 3 is 2.53 bits per heavy atom. The molecule has 19 heavy (non-hydrogen) atoms. The van der Waals surface area contributed by atoms with Gasteiger partial charge in [-0.3, -0.25) is 4.90 Å². The van der Waals surface area contributed by atoms with Gasteiger partial charge in [0.2, 0.25) is 0 Å². The van der Waals surface area contributed by atoms with E-state index in [-0.39, 0.29) is 6.04 Å². The number of hydrogen-bond donors (Lipinski definition) is 0. The molecule has 2 aliphatic rings. The molecular weight excluding hydrogens is 258 g/mol. The monoisotopic (exact) mass is 277 g/mol. The molecule has 1 saturated heterocycles. The highest BCUT2D eigenvalue weighted by Gasteiger charge is 2.32. The predicted octanol–water partition coefficient (Wildman–Crippen LogP) is 1.96. The SMILES string of the molecule is O=S1(=O)CCC(N2CC=C(c3ccccc3)CC2)C1. The first-order valence-corrected chi connectivity index (χ1v) is 8.65. The molecule has 1 aromatic rings. The lowest BCUT2D eigenvalue weighted by Crippen LogP contribution is -2.39. The molecule has 0 bridgehead atoms. The standard InChI is InChI=1S/C15H19NO2S/c17-19(18)11-8-15(12-19)16-9-6-14(7-10-16)13-4-2-1-3-5-13/h1-6,15H,7-12H2. The summed E-state index contributed by atoms with van der Waals surface area (Å²) < 4.78 is 23.1. The zero-order valence-electron chi connectivity index (χ0n) is 11.0. The summed E-state index contributed by atoms with van der Waals surface area (Å²) in [4.78, 5) is 2.32. The van der Waals surface area contributed by atoms with Gasteiger partial charge in [0.05, 0.1) is 11.5 Å². The van der Waals surface area contributed by atoms with Crippen LogP contribution in [0.5, 0.6) is 0 Å². The highest BCUT2D eigenvalue weighted by molar-refractivity contribution is 7.91. The molecule has 1 unspecified atom stereocenters. The van der Waals surface area contributed by atoms with Crippen molar-refractivity contribution in [2.75, 3.05) is 24.6 Å². The third kappa shape index (κ3) is 2.90. The van der Waals surface area contributed by atoms with Crippen LogP contribution in [0, 0.1) is 0 Å². The molecule has 1 aromatic carbocycles. The fourth-order valence-corrected chi connectivity index (χ4v) is 4.76. The van der Waals surface area contributed by atoms with E-state index in [1.165, 1.54) is 11.1 Å². The van der Waals surface area contributed by atoms with Gasteiger partial charge in [-0.2, -0.15) is 0 Å². The summed E-state index contributed by atoms with van der Waals surface area (Å²) in [6, 6.07) is 10.7. The number of hydrogen-bond acceptors (Lipinski definition) is 3. The highest BCUT2D eigenvalue weighted by Crippen LogP contribution is 2.26. The fraction of sp³-hybridized carbons (Fsp3) is 0.467. The van der Waals surface area contributed by atoms with Crippen molar-refractivity contribution in [1.82, 2.24) is 4.90 Å². The van der Waals surface area contributed by atoms with Gasteiger partial charge in [0.1, 0.15) is 0 Å². The smallest absolute Gasteiger partial charge is 0.151 e. The Balaban J connectivity index is 1.68. The molecule has 0 aliphatic carbocycles. The Morgan fingerprint density at radius 1 is 1.16 bits per heavy atom. The molecular formula is C15H19NO2S. The van der Waals surface area contributed by atoms with Gasteiger partial charge in [-0.05, 0) is 24.0 Å². The fourth-order valence-electron chi connectivity index (χ4n) is 2.99. The van der Waals surface area contributed by atoms with Gasteiger partial charge in [-0.15, -0.1) is 0 Å². The van der Waals surface area contributed by atoms with Crippen LogP contribution in [0.15, 0.2) is 36.4 Å². The van der Waals surface area contributed by atoms with Crippen molar-refractivity contribution in [1.29, 1.82) is 0 Å². The second kappa shape index (κ2) is 5.10. The van der Waals surface area contributed by atoms with Crippen LogP contribution in [-0.4, -0.2) is 44.0 Å². The first kappa shape index (κ1) is 12.9. The largest absolute Gasteiger partial charge is 0.295 e. The second-order valence-corrected chi connectivity index (χ2v) is 7.63. The molecule has 0 aromatic heterocycles. The predicted molar refractivity (Wildman–Crippen MR) is 77.7 cm³/mol. The van der Waals surface area contributed by atoms with E-state index in [0.29, 0.717) is 11.5 Å². The maximum absolute atomic E-state index is 11.5. The van der Waals surface area contributed by atoms with Crippen molar-refractivity contribution in [3.8, 4) is 0 Å². The van der Waals surface area contributed by atoms with Crippen LogP contribution in [0.2, 0.25) is 0 Å². The van der Waals surface area contributed by atoms with Crippen LogP contribution < -0.4 is 0 Å². The molecule has 1 atom stereocenters. The minimum absolute atomic E-state index is 0.235. The van der Waals surface area contributed by atoms with Crippen LogP contribution in [0.25, 0.3) is 5.57 Å². The van der Waals surface area contributed by atoms with Gasteiger partial charge < -0.3 is 0 Å². The molecule has 4 heteroatoms. The van der Waals surface area contributed by atoms with Crippen LogP contribution in [0.3, 0.4) is 0 Å². The van der Waals surface area contributed by atoms with Gasteiger partial charge in [0.25, 0.3) is 0 Å².